The number of carbonyl (C=O) groups excluding carboxylic acids is 2. The van der Waals surface area contributed by atoms with E-state index in [0.29, 0.717) is 31.1 Å². The minimum absolute atomic E-state index is 0.187. The van der Waals surface area contributed by atoms with Crippen LogP contribution in [0.2, 0.25) is 0 Å². The first-order valence-corrected chi connectivity index (χ1v) is 24.3. The van der Waals surface area contributed by atoms with Crippen LogP contribution in [0.1, 0.15) is 117 Å². The van der Waals surface area contributed by atoms with E-state index < -0.39 is 50.5 Å². The van der Waals surface area contributed by atoms with Gasteiger partial charge in [-0.3, -0.25) is 14.2 Å². The zero-order valence-corrected chi connectivity index (χ0v) is 37.2. The molecule has 0 aromatic heterocycles. The molecule has 12 heteroatoms. The van der Waals surface area contributed by atoms with Crippen molar-refractivity contribution in [2.24, 2.45) is 23.2 Å². The average molecular weight is 825 g/mol. The lowest BCUT2D eigenvalue weighted by Gasteiger charge is -2.43. The topological polar surface area (TPSA) is 149 Å². The first-order valence-electron chi connectivity index (χ1n) is 21.9. The lowest BCUT2D eigenvalue weighted by atomic mass is 9.80. The van der Waals surface area contributed by atoms with Gasteiger partial charge in [0.2, 0.25) is 5.91 Å². The highest BCUT2D eigenvalue weighted by Gasteiger charge is 2.62. The van der Waals surface area contributed by atoms with Gasteiger partial charge in [0.15, 0.2) is 0 Å². The molecule has 3 aliphatic carbocycles. The van der Waals surface area contributed by atoms with Gasteiger partial charge < -0.3 is 25.2 Å². The van der Waals surface area contributed by atoms with Crippen molar-refractivity contribution >= 4 is 21.5 Å². The minimum Gasteiger partial charge on any atom is -0.450 e. The number of likely N-dealkylation sites (tertiary alicyclic amines) is 1. The molecule has 4 aliphatic rings. The van der Waals surface area contributed by atoms with Crippen LogP contribution in [0, 0.1) is 23.2 Å². The third-order valence-corrected chi connectivity index (χ3v) is 16.5. The number of aliphatic hydroxyl groups excluding tert-OH is 1. The van der Waals surface area contributed by atoms with Crippen molar-refractivity contribution in [1.82, 2.24) is 20.3 Å². The highest BCUT2D eigenvalue weighted by molar-refractivity contribution is 8.13. The van der Waals surface area contributed by atoms with Gasteiger partial charge in [-0.2, -0.15) is 4.21 Å². The monoisotopic (exact) mass is 825 g/mol. The van der Waals surface area contributed by atoms with Crippen molar-refractivity contribution in [3.8, 4) is 11.1 Å². The van der Waals surface area contributed by atoms with Crippen LogP contribution in [0.3, 0.4) is 0 Å². The third kappa shape index (κ3) is 10.0. The largest absolute Gasteiger partial charge is 0.450 e. The lowest BCUT2D eigenvalue weighted by Crippen LogP contribution is -2.62. The Kier molecular flexibility index (Phi) is 13.3. The summed E-state index contributed by atoms with van der Waals surface area (Å²) in [4.78, 5) is 29.7. The number of methoxy groups -OCH3 is 1. The second kappa shape index (κ2) is 17.2. The molecule has 2 amide bonds. The summed E-state index contributed by atoms with van der Waals surface area (Å²) < 4.78 is 39.9. The normalized spacial score (nSPS) is 27.0. The fraction of sp³-hybridized carbons (Fsp3) is 0.696. The molecule has 1 heterocycles. The van der Waals surface area contributed by atoms with Crippen LogP contribution in [-0.4, -0.2) is 92.9 Å². The molecule has 0 radical (unpaired) electrons. The summed E-state index contributed by atoms with van der Waals surface area (Å²) >= 11 is 0. The van der Waals surface area contributed by atoms with Gasteiger partial charge in [-0.05, 0) is 83.9 Å². The van der Waals surface area contributed by atoms with Crippen molar-refractivity contribution < 1.29 is 32.9 Å². The number of aliphatic hydroxyl groups is 1. The number of rotatable bonds is 19. The van der Waals surface area contributed by atoms with Gasteiger partial charge in [0.25, 0.3) is 0 Å². The maximum Gasteiger partial charge on any atom is 0.407 e. The predicted octanol–water partition coefficient (Wildman–Crippen LogP) is 7.38. The molecule has 58 heavy (non-hydrogen) atoms. The molecule has 6 atom stereocenters. The molecule has 0 bridgehead atoms. The van der Waals surface area contributed by atoms with Crippen molar-refractivity contribution in [2.75, 3.05) is 33.1 Å². The number of nitrogens with zero attached hydrogens (tertiary/aromatic N) is 1. The molecule has 5 N–H and O–H groups in total. The zero-order valence-electron chi connectivity index (χ0n) is 36.4. The first kappa shape index (κ1) is 44.7. The van der Waals surface area contributed by atoms with Crippen LogP contribution < -0.4 is 15.4 Å². The number of alkyl carbamates (subject to hydrolysis) is 1. The van der Waals surface area contributed by atoms with Crippen LogP contribution in [0.4, 0.5) is 4.79 Å². The van der Waals surface area contributed by atoms with Crippen LogP contribution in [-0.2, 0) is 35.8 Å². The van der Waals surface area contributed by atoms with Crippen LogP contribution in [0.5, 0.6) is 0 Å². The summed E-state index contributed by atoms with van der Waals surface area (Å²) in [5.74, 6) is 1.05. The molecule has 2 aromatic carbocycles. The van der Waals surface area contributed by atoms with Crippen LogP contribution in [0.15, 0.2) is 48.5 Å². The first-order chi connectivity index (χ1) is 27.3. The third-order valence-electron chi connectivity index (χ3n) is 13.6. The number of benzene rings is 2. The van der Waals surface area contributed by atoms with Gasteiger partial charge in [-0.25, -0.2) is 9.52 Å². The van der Waals surface area contributed by atoms with E-state index in [4.69, 9.17) is 9.47 Å². The van der Waals surface area contributed by atoms with E-state index in [1.54, 1.807) is 12.0 Å². The Labute approximate surface area is 347 Å². The van der Waals surface area contributed by atoms with Gasteiger partial charge in [0.05, 0.1) is 29.5 Å². The maximum absolute atomic E-state index is 14.9. The summed E-state index contributed by atoms with van der Waals surface area (Å²) in [5.41, 5.74) is 2.24. The summed E-state index contributed by atoms with van der Waals surface area (Å²) in [6.45, 7) is 12.9. The van der Waals surface area contributed by atoms with Crippen molar-refractivity contribution in [2.45, 2.75) is 147 Å². The molecule has 11 nitrogen and oxygen atoms in total. The Morgan fingerprint density at radius 3 is 2.31 bits per heavy atom. The summed E-state index contributed by atoms with van der Waals surface area (Å²) in [6, 6.07) is 15.3. The second-order valence-electron chi connectivity index (χ2n) is 19.7. The van der Waals surface area contributed by atoms with E-state index in [2.05, 4.69) is 77.7 Å². The van der Waals surface area contributed by atoms with Crippen molar-refractivity contribution in [3.63, 3.8) is 0 Å². The summed E-state index contributed by atoms with van der Waals surface area (Å²) in [6.07, 6.45) is 9.21. The molecule has 3 saturated carbocycles. The number of carbonyl (C=O) groups is 2. The molecule has 2 aromatic rings. The number of ether oxygens (including phenoxy) is 2. The van der Waals surface area contributed by atoms with Gasteiger partial charge in [-0.1, -0.05) is 116 Å². The zero-order chi connectivity index (χ0) is 42.1. The average Bonchev–Trinajstić information content (AvgIpc) is 4.08. The maximum atomic E-state index is 14.9. The molecule has 324 valence electrons. The van der Waals surface area contributed by atoms with Crippen molar-refractivity contribution in [1.29, 1.82) is 0 Å². The molecular formula is C46H72N4O7S. The Morgan fingerprint density at radius 1 is 1.03 bits per heavy atom. The van der Waals surface area contributed by atoms with Gasteiger partial charge in [-0.15, -0.1) is 9.53 Å². The summed E-state index contributed by atoms with van der Waals surface area (Å²) in [7, 11) is -2.41. The SMILES string of the molecule is CCCOC(=O)NC(C(O)N1CC(OC)(c2ccc(-c3ccccc3CCCC(C)C)cc2)CC1C(=O)NC1(CNS(C)(=O)(O)C2CC2)CC1C1CCC1)C(C)(C)C. The molecule has 0 spiro atoms. The number of amides is 2. The number of hydrogen-bond acceptors (Lipinski definition) is 7. The van der Waals surface area contributed by atoms with E-state index in [1.807, 2.05) is 27.7 Å². The Balaban J connectivity index is 1.31. The molecule has 1 saturated heterocycles. The molecule has 1 aliphatic heterocycles. The fourth-order valence-electron chi connectivity index (χ4n) is 9.42. The number of hydrogen-bond donors (Lipinski definition) is 5. The Morgan fingerprint density at radius 2 is 1.72 bits per heavy atom. The summed E-state index contributed by atoms with van der Waals surface area (Å²) in [5, 5.41) is 18.5. The van der Waals surface area contributed by atoms with E-state index in [9.17, 15) is 23.5 Å². The lowest BCUT2D eigenvalue weighted by molar-refractivity contribution is -0.133. The van der Waals surface area contributed by atoms with Gasteiger partial charge in [0, 0.05) is 32.9 Å². The van der Waals surface area contributed by atoms with E-state index >= 15 is 0 Å². The van der Waals surface area contributed by atoms with Crippen LogP contribution >= 0.6 is 0 Å². The highest BCUT2D eigenvalue weighted by atomic mass is 32.3. The van der Waals surface area contributed by atoms with E-state index in [0.717, 1.165) is 49.7 Å². The van der Waals surface area contributed by atoms with Gasteiger partial charge in [0.1, 0.15) is 11.8 Å². The second-order valence-corrected chi connectivity index (χ2v) is 23.3. The molecular weight excluding hydrogens is 753 g/mol. The molecule has 4 fully saturated rings. The van der Waals surface area contributed by atoms with E-state index in [1.165, 1.54) is 23.8 Å². The quantitative estimate of drug-likeness (QED) is 0.0986. The van der Waals surface area contributed by atoms with Crippen LogP contribution in [0.25, 0.3) is 11.1 Å². The fourth-order valence-corrected chi connectivity index (χ4v) is 11.5. The van der Waals surface area contributed by atoms with Gasteiger partial charge >= 0.3 is 6.09 Å². The molecule has 6 rings (SSSR count). The standard InChI is InChI=1S/C46H72N4O7S/c1-9-26-57-43(53)48-40(44(4,5)6)42(52)50-30-46(56-7,35-22-20-33(21-23-35)37-19-11-10-15-32(37)16-12-14-31(2)3)28-39(50)41(51)49-45(27-38(45)34-17-13-18-34)29-47-58(8,54,55)36-24-25-36/h10-11,15,19-23,31,34,36,38-40,42,52H,9,12-14,16-18,24-30H2,1-8H3,(H,48,53)(H,49,51)(H2,47,54,55). The predicted molar refractivity (Wildman–Crippen MR) is 232 cm³/mol. The van der Waals surface area contributed by atoms with Crippen molar-refractivity contribution in [3.05, 3.63) is 59.7 Å². The van der Waals surface area contributed by atoms with E-state index in [-0.39, 0.29) is 43.2 Å². The number of aryl methyl sites for hydroxylation is 1. The Bertz CT molecular complexity index is 1820. The highest BCUT2D eigenvalue weighted by Crippen LogP contribution is 2.55. The molecule has 6 unspecified atom stereocenters. The minimum atomic E-state index is -4.07. The Hall–Kier alpha value is -2.87. The number of nitrogens with one attached hydrogen (secondary N) is 3. The smallest absolute Gasteiger partial charge is 0.407 e.